The molecule has 2 bridgehead atoms. The van der Waals surface area contributed by atoms with E-state index < -0.39 is 0 Å². The Bertz CT molecular complexity index is 750. The maximum absolute atomic E-state index is 12.4. The number of hydrogen-bond donors (Lipinski definition) is 2. The molecule has 2 fully saturated rings. The van der Waals surface area contributed by atoms with Crippen molar-refractivity contribution in [3.63, 3.8) is 0 Å². The Balaban J connectivity index is 1.40. The van der Waals surface area contributed by atoms with Gasteiger partial charge in [-0.05, 0) is 55.2 Å². The smallest absolute Gasteiger partial charge is 0.251 e. The van der Waals surface area contributed by atoms with Crippen molar-refractivity contribution in [3.05, 3.63) is 53.3 Å². The number of halogens is 1. The van der Waals surface area contributed by atoms with Crippen molar-refractivity contribution < 1.29 is 9.53 Å². The van der Waals surface area contributed by atoms with E-state index in [2.05, 4.69) is 15.6 Å². The van der Waals surface area contributed by atoms with E-state index in [1.54, 1.807) is 42.6 Å². The van der Waals surface area contributed by atoms with Crippen LogP contribution in [0.3, 0.4) is 0 Å². The molecule has 1 amide bonds. The number of nitrogens with zero attached hydrogens (tertiary/aromatic N) is 1. The molecule has 3 unspecified atom stereocenters. The average Bonchev–Trinajstić information content (AvgIpc) is 3.20. The van der Waals surface area contributed by atoms with E-state index in [0.29, 0.717) is 34.2 Å². The van der Waals surface area contributed by atoms with Crippen molar-refractivity contribution in [2.24, 2.45) is 5.92 Å². The maximum Gasteiger partial charge on any atom is 0.251 e. The maximum atomic E-state index is 12.4. The summed E-state index contributed by atoms with van der Waals surface area (Å²) >= 11 is 5.98. The SMILES string of the molecule is O=C(NC1CC2CC1CN2)c1ccc(Oc2cccnc2Cl)cc1. The summed E-state index contributed by atoms with van der Waals surface area (Å²) in [6.45, 7) is 1.01. The number of pyridine rings is 1. The third-order valence-corrected chi connectivity index (χ3v) is 5.03. The van der Waals surface area contributed by atoms with Crippen LogP contribution >= 0.6 is 11.6 Å². The van der Waals surface area contributed by atoms with Crippen molar-refractivity contribution in [2.75, 3.05) is 6.54 Å². The second-order valence-electron chi connectivity index (χ2n) is 6.34. The number of carbonyl (C=O) groups is 1. The summed E-state index contributed by atoms with van der Waals surface area (Å²) in [5.74, 6) is 1.64. The number of rotatable bonds is 4. The Morgan fingerprint density at radius 1 is 1.25 bits per heavy atom. The fraction of sp³-hybridized carbons (Fsp3) is 0.333. The number of hydrogen-bond acceptors (Lipinski definition) is 4. The highest BCUT2D eigenvalue weighted by atomic mass is 35.5. The van der Waals surface area contributed by atoms with E-state index in [1.807, 2.05) is 0 Å². The first kappa shape index (κ1) is 15.4. The largest absolute Gasteiger partial charge is 0.454 e. The van der Waals surface area contributed by atoms with Crippen LogP contribution in [0.1, 0.15) is 23.2 Å². The first-order valence-corrected chi connectivity index (χ1v) is 8.49. The molecule has 124 valence electrons. The number of carbonyl (C=O) groups excluding carboxylic acids is 1. The molecular formula is C18H18ClN3O2. The number of nitrogens with one attached hydrogen (secondary N) is 2. The van der Waals surface area contributed by atoms with Gasteiger partial charge in [0.25, 0.3) is 5.91 Å². The number of ether oxygens (including phenoxy) is 1. The highest BCUT2D eigenvalue weighted by Crippen LogP contribution is 2.31. The zero-order valence-corrected chi connectivity index (χ0v) is 13.8. The summed E-state index contributed by atoms with van der Waals surface area (Å²) in [6, 6.07) is 11.4. The van der Waals surface area contributed by atoms with Gasteiger partial charge in [-0.1, -0.05) is 11.6 Å². The summed E-state index contributed by atoms with van der Waals surface area (Å²) in [7, 11) is 0. The number of amides is 1. The third kappa shape index (κ3) is 3.09. The topological polar surface area (TPSA) is 63.2 Å². The molecule has 2 aromatic rings. The van der Waals surface area contributed by atoms with E-state index >= 15 is 0 Å². The molecule has 1 aliphatic heterocycles. The first-order valence-electron chi connectivity index (χ1n) is 8.12. The predicted octanol–water partition coefficient (Wildman–Crippen LogP) is 3.01. The number of benzene rings is 1. The molecule has 1 aromatic carbocycles. The van der Waals surface area contributed by atoms with Crippen molar-refractivity contribution in [1.29, 1.82) is 0 Å². The summed E-state index contributed by atoms with van der Waals surface area (Å²) < 4.78 is 5.68. The van der Waals surface area contributed by atoms with E-state index in [-0.39, 0.29) is 11.9 Å². The molecule has 0 radical (unpaired) electrons. The van der Waals surface area contributed by atoms with Crippen molar-refractivity contribution >= 4 is 17.5 Å². The van der Waals surface area contributed by atoms with E-state index in [4.69, 9.17) is 16.3 Å². The van der Waals surface area contributed by atoms with Crippen LogP contribution in [-0.4, -0.2) is 29.5 Å². The lowest BCUT2D eigenvalue weighted by atomic mass is 10.0. The van der Waals surface area contributed by atoms with Gasteiger partial charge >= 0.3 is 0 Å². The monoisotopic (exact) mass is 343 g/mol. The van der Waals surface area contributed by atoms with E-state index in [9.17, 15) is 4.79 Å². The van der Waals surface area contributed by atoms with Gasteiger partial charge in [-0.15, -0.1) is 0 Å². The van der Waals surface area contributed by atoms with Crippen molar-refractivity contribution in [2.45, 2.75) is 24.9 Å². The average molecular weight is 344 g/mol. The molecule has 4 rings (SSSR count). The molecule has 2 heterocycles. The lowest BCUT2D eigenvalue weighted by Crippen LogP contribution is -2.44. The molecule has 1 saturated heterocycles. The van der Waals surface area contributed by atoms with Gasteiger partial charge in [0.2, 0.25) is 0 Å². The zero-order chi connectivity index (χ0) is 16.5. The van der Waals surface area contributed by atoms with Gasteiger partial charge in [-0.3, -0.25) is 4.79 Å². The molecule has 3 atom stereocenters. The van der Waals surface area contributed by atoms with E-state index in [1.165, 1.54) is 6.42 Å². The summed E-state index contributed by atoms with van der Waals surface area (Å²) in [6.07, 6.45) is 3.80. The van der Waals surface area contributed by atoms with Crippen LogP contribution < -0.4 is 15.4 Å². The quantitative estimate of drug-likeness (QED) is 0.838. The van der Waals surface area contributed by atoms with Gasteiger partial charge in [-0.2, -0.15) is 0 Å². The van der Waals surface area contributed by atoms with Gasteiger partial charge in [0.15, 0.2) is 10.9 Å². The molecule has 2 N–H and O–H groups in total. The molecule has 0 spiro atoms. The third-order valence-electron chi connectivity index (χ3n) is 4.75. The van der Waals surface area contributed by atoms with Gasteiger partial charge in [0, 0.05) is 30.4 Å². The molecule has 1 aliphatic carbocycles. The van der Waals surface area contributed by atoms with Gasteiger partial charge in [0.05, 0.1) is 0 Å². The highest BCUT2D eigenvalue weighted by Gasteiger charge is 2.40. The fourth-order valence-corrected chi connectivity index (χ4v) is 3.67. The van der Waals surface area contributed by atoms with Crippen LogP contribution in [0.15, 0.2) is 42.6 Å². The molecule has 5 nitrogen and oxygen atoms in total. The summed E-state index contributed by atoms with van der Waals surface area (Å²) in [4.78, 5) is 16.4. The minimum atomic E-state index is -0.0292. The van der Waals surface area contributed by atoms with Crippen LogP contribution in [0.5, 0.6) is 11.5 Å². The van der Waals surface area contributed by atoms with Crippen LogP contribution in [0.2, 0.25) is 5.15 Å². The minimum absolute atomic E-state index is 0.0292. The van der Waals surface area contributed by atoms with Gasteiger partial charge in [-0.25, -0.2) is 4.98 Å². The van der Waals surface area contributed by atoms with Crippen LogP contribution in [-0.2, 0) is 0 Å². The van der Waals surface area contributed by atoms with E-state index in [0.717, 1.165) is 13.0 Å². The second-order valence-corrected chi connectivity index (χ2v) is 6.69. The molecule has 24 heavy (non-hydrogen) atoms. The number of piperidine rings is 1. The molecule has 1 aromatic heterocycles. The Morgan fingerprint density at radius 2 is 2.08 bits per heavy atom. The molecular weight excluding hydrogens is 326 g/mol. The number of aromatic nitrogens is 1. The molecule has 2 aliphatic rings. The molecule has 1 saturated carbocycles. The Kier molecular flexibility index (Phi) is 4.12. The van der Waals surface area contributed by atoms with Crippen LogP contribution in [0, 0.1) is 5.92 Å². The lowest BCUT2D eigenvalue weighted by Gasteiger charge is -2.23. The second kappa shape index (κ2) is 6.42. The normalized spacial score (nSPS) is 24.8. The molecule has 6 heteroatoms. The Morgan fingerprint density at radius 3 is 2.75 bits per heavy atom. The minimum Gasteiger partial charge on any atom is -0.454 e. The predicted molar refractivity (Wildman–Crippen MR) is 91.5 cm³/mol. The van der Waals surface area contributed by atoms with Crippen molar-refractivity contribution in [1.82, 2.24) is 15.6 Å². The highest BCUT2D eigenvalue weighted by molar-refractivity contribution is 6.30. The first-order chi connectivity index (χ1) is 11.7. The summed E-state index contributed by atoms with van der Waals surface area (Å²) in [5.41, 5.74) is 0.635. The Hall–Kier alpha value is -2.11. The van der Waals surface area contributed by atoms with Crippen molar-refractivity contribution in [3.8, 4) is 11.5 Å². The fourth-order valence-electron chi connectivity index (χ4n) is 3.51. The Labute approximate surface area is 145 Å². The zero-order valence-electron chi connectivity index (χ0n) is 13.0. The standard InChI is InChI=1S/C18H18ClN3O2/c19-17-16(2-1-7-20-17)24-14-5-3-11(4-6-14)18(23)22-15-9-13-8-12(15)10-21-13/h1-7,12-13,15,21H,8-10H2,(H,22,23). The lowest BCUT2D eigenvalue weighted by molar-refractivity contribution is 0.0925. The van der Waals surface area contributed by atoms with Crippen LogP contribution in [0.4, 0.5) is 0 Å². The summed E-state index contributed by atoms with van der Waals surface area (Å²) in [5, 5.41) is 6.91. The van der Waals surface area contributed by atoms with Gasteiger partial charge in [0.1, 0.15) is 5.75 Å². The van der Waals surface area contributed by atoms with Gasteiger partial charge < -0.3 is 15.4 Å². The number of fused-ring (bicyclic) bond motifs is 2. The van der Waals surface area contributed by atoms with Crippen LogP contribution in [0.25, 0.3) is 0 Å².